The van der Waals surface area contributed by atoms with Crippen molar-refractivity contribution in [3.8, 4) is 0 Å². The summed E-state index contributed by atoms with van der Waals surface area (Å²) in [6, 6.07) is 7.01. The molecule has 1 aromatic rings. The van der Waals surface area contributed by atoms with Gasteiger partial charge in [-0.3, -0.25) is 4.90 Å². The fourth-order valence-corrected chi connectivity index (χ4v) is 3.00. The fraction of sp³-hybridized carbons (Fsp3) is 0.625. The van der Waals surface area contributed by atoms with Crippen LogP contribution in [0.2, 0.25) is 0 Å². The molecule has 0 heterocycles. The van der Waals surface area contributed by atoms with Crippen LogP contribution in [0.15, 0.2) is 22.7 Å². The monoisotopic (exact) mass is 324 g/mol. The average molecular weight is 325 g/mol. The van der Waals surface area contributed by atoms with Gasteiger partial charge >= 0.3 is 0 Å². The van der Waals surface area contributed by atoms with Gasteiger partial charge in [0.1, 0.15) is 0 Å². The van der Waals surface area contributed by atoms with Crippen molar-refractivity contribution >= 4 is 15.9 Å². The molecule has 0 aromatic heterocycles. The standard InChI is InChI=1S/C16H25BrN2/c1-3-8-19(11-13-5-6-13)16(10-18)14-7-4-12(2)15(17)9-14/h4,7,9,13,16H,3,5-6,8,10-11,18H2,1-2H3. The van der Waals surface area contributed by atoms with Crippen LogP contribution in [0.25, 0.3) is 0 Å². The number of halogens is 1. The first-order valence-electron chi connectivity index (χ1n) is 7.35. The minimum absolute atomic E-state index is 0.359. The second kappa shape index (κ2) is 6.87. The highest BCUT2D eigenvalue weighted by molar-refractivity contribution is 9.10. The quantitative estimate of drug-likeness (QED) is 0.824. The van der Waals surface area contributed by atoms with Crippen LogP contribution in [0.4, 0.5) is 0 Å². The molecule has 1 aliphatic carbocycles. The molecule has 0 spiro atoms. The topological polar surface area (TPSA) is 29.3 Å². The van der Waals surface area contributed by atoms with Gasteiger partial charge in [-0.15, -0.1) is 0 Å². The van der Waals surface area contributed by atoms with E-state index >= 15 is 0 Å². The van der Waals surface area contributed by atoms with E-state index in [2.05, 4.69) is 52.9 Å². The molecule has 2 N–H and O–H groups in total. The molecule has 1 unspecified atom stereocenters. The molecule has 0 amide bonds. The Morgan fingerprint density at radius 1 is 1.42 bits per heavy atom. The van der Waals surface area contributed by atoms with Crippen LogP contribution >= 0.6 is 15.9 Å². The summed E-state index contributed by atoms with van der Waals surface area (Å²) in [6.07, 6.45) is 3.99. The van der Waals surface area contributed by atoms with Crippen molar-refractivity contribution in [2.45, 2.75) is 39.2 Å². The van der Waals surface area contributed by atoms with Gasteiger partial charge < -0.3 is 5.73 Å². The van der Waals surface area contributed by atoms with Gasteiger partial charge in [0.15, 0.2) is 0 Å². The summed E-state index contributed by atoms with van der Waals surface area (Å²) >= 11 is 3.64. The summed E-state index contributed by atoms with van der Waals surface area (Å²) in [6.45, 7) is 7.42. The second-order valence-corrected chi connectivity index (χ2v) is 6.55. The van der Waals surface area contributed by atoms with E-state index in [0.29, 0.717) is 12.6 Å². The highest BCUT2D eigenvalue weighted by atomic mass is 79.9. The maximum Gasteiger partial charge on any atom is 0.0470 e. The predicted octanol–water partition coefficient (Wildman–Crippen LogP) is 3.88. The van der Waals surface area contributed by atoms with Crippen LogP contribution in [0, 0.1) is 12.8 Å². The smallest absolute Gasteiger partial charge is 0.0470 e. The molecule has 0 bridgehead atoms. The van der Waals surface area contributed by atoms with E-state index in [4.69, 9.17) is 5.73 Å². The first-order chi connectivity index (χ1) is 9.15. The zero-order valence-corrected chi connectivity index (χ0v) is 13.6. The number of benzene rings is 1. The Hall–Kier alpha value is -0.380. The molecule has 106 valence electrons. The molecule has 2 nitrogen and oxygen atoms in total. The average Bonchev–Trinajstić information content (AvgIpc) is 3.19. The number of nitrogens with zero attached hydrogens (tertiary/aromatic N) is 1. The number of rotatable bonds is 7. The van der Waals surface area contributed by atoms with E-state index in [1.54, 1.807) is 0 Å². The summed E-state index contributed by atoms with van der Waals surface area (Å²) < 4.78 is 1.19. The molecular weight excluding hydrogens is 300 g/mol. The molecule has 0 aliphatic heterocycles. The molecule has 1 aliphatic rings. The van der Waals surface area contributed by atoms with Gasteiger partial charge in [0.05, 0.1) is 0 Å². The summed E-state index contributed by atoms with van der Waals surface area (Å²) in [4.78, 5) is 2.58. The van der Waals surface area contributed by atoms with Gasteiger partial charge in [0, 0.05) is 23.6 Å². The van der Waals surface area contributed by atoms with Crippen molar-refractivity contribution in [3.05, 3.63) is 33.8 Å². The Bertz CT molecular complexity index is 415. The van der Waals surface area contributed by atoms with Crippen LogP contribution in [-0.4, -0.2) is 24.5 Å². The molecule has 0 saturated heterocycles. The summed E-state index contributed by atoms with van der Waals surface area (Å²) in [5.74, 6) is 0.912. The Kier molecular flexibility index (Phi) is 5.43. The maximum absolute atomic E-state index is 6.06. The fourth-order valence-electron chi connectivity index (χ4n) is 2.61. The van der Waals surface area contributed by atoms with E-state index < -0.39 is 0 Å². The largest absolute Gasteiger partial charge is 0.329 e. The first kappa shape index (κ1) is 15.0. The third-order valence-electron chi connectivity index (χ3n) is 3.95. The van der Waals surface area contributed by atoms with Gasteiger partial charge in [0.2, 0.25) is 0 Å². The molecule has 2 rings (SSSR count). The van der Waals surface area contributed by atoms with Crippen LogP contribution < -0.4 is 5.73 Å². The highest BCUT2D eigenvalue weighted by Crippen LogP contribution is 2.33. The molecule has 1 atom stereocenters. The van der Waals surface area contributed by atoms with Crippen molar-refractivity contribution in [3.63, 3.8) is 0 Å². The molecule has 19 heavy (non-hydrogen) atoms. The van der Waals surface area contributed by atoms with E-state index in [1.807, 2.05) is 0 Å². The van der Waals surface area contributed by atoms with Crippen LogP contribution in [0.5, 0.6) is 0 Å². The van der Waals surface area contributed by atoms with Crippen LogP contribution in [0.3, 0.4) is 0 Å². The summed E-state index contributed by atoms with van der Waals surface area (Å²) in [5, 5.41) is 0. The Balaban J connectivity index is 2.16. The highest BCUT2D eigenvalue weighted by Gasteiger charge is 2.28. The van der Waals surface area contributed by atoms with Crippen molar-refractivity contribution in [2.75, 3.05) is 19.6 Å². The van der Waals surface area contributed by atoms with Gasteiger partial charge in [-0.05, 0) is 55.8 Å². The minimum atomic E-state index is 0.359. The van der Waals surface area contributed by atoms with Crippen LogP contribution in [0.1, 0.15) is 43.4 Å². The van der Waals surface area contributed by atoms with Crippen molar-refractivity contribution < 1.29 is 0 Å². The normalized spacial score (nSPS) is 16.9. The lowest BCUT2D eigenvalue weighted by molar-refractivity contribution is 0.193. The Morgan fingerprint density at radius 3 is 2.68 bits per heavy atom. The Labute approximate surface area is 125 Å². The molecular formula is C16H25BrN2. The third-order valence-corrected chi connectivity index (χ3v) is 4.80. The number of hydrogen-bond donors (Lipinski definition) is 1. The molecule has 3 heteroatoms. The molecule has 0 radical (unpaired) electrons. The van der Waals surface area contributed by atoms with E-state index in [9.17, 15) is 0 Å². The minimum Gasteiger partial charge on any atom is -0.329 e. The van der Waals surface area contributed by atoms with Crippen LogP contribution in [-0.2, 0) is 0 Å². The van der Waals surface area contributed by atoms with Gasteiger partial charge in [-0.25, -0.2) is 0 Å². The molecule has 1 saturated carbocycles. The molecule has 1 aromatic carbocycles. The second-order valence-electron chi connectivity index (χ2n) is 5.70. The van der Waals surface area contributed by atoms with Crippen molar-refractivity contribution in [1.29, 1.82) is 0 Å². The van der Waals surface area contributed by atoms with Gasteiger partial charge in [-0.1, -0.05) is 35.0 Å². The van der Waals surface area contributed by atoms with Crippen molar-refractivity contribution in [2.24, 2.45) is 11.7 Å². The SMILES string of the molecule is CCCN(CC1CC1)C(CN)c1ccc(C)c(Br)c1. The summed E-state index contributed by atoms with van der Waals surface area (Å²) in [5.41, 5.74) is 8.69. The Morgan fingerprint density at radius 2 is 2.16 bits per heavy atom. The summed E-state index contributed by atoms with van der Waals surface area (Å²) in [7, 11) is 0. The van der Waals surface area contributed by atoms with Gasteiger partial charge in [-0.2, -0.15) is 0 Å². The van der Waals surface area contributed by atoms with Gasteiger partial charge in [0.25, 0.3) is 0 Å². The van der Waals surface area contributed by atoms with E-state index in [-0.39, 0.29) is 0 Å². The lowest BCUT2D eigenvalue weighted by Crippen LogP contribution is -2.36. The zero-order valence-electron chi connectivity index (χ0n) is 12.0. The van der Waals surface area contributed by atoms with E-state index in [1.165, 1.54) is 41.4 Å². The lowest BCUT2D eigenvalue weighted by Gasteiger charge is -2.31. The number of aryl methyl sites for hydroxylation is 1. The van der Waals surface area contributed by atoms with E-state index in [0.717, 1.165) is 12.5 Å². The molecule has 1 fully saturated rings. The predicted molar refractivity (Wildman–Crippen MR) is 85.3 cm³/mol. The number of nitrogens with two attached hydrogens (primary N) is 1. The van der Waals surface area contributed by atoms with Crippen molar-refractivity contribution in [1.82, 2.24) is 4.90 Å². The first-order valence-corrected chi connectivity index (χ1v) is 8.15. The zero-order chi connectivity index (χ0) is 13.8. The lowest BCUT2D eigenvalue weighted by atomic mass is 10.0. The third kappa shape index (κ3) is 4.04. The number of hydrogen-bond acceptors (Lipinski definition) is 2. The maximum atomic E-state index is 6.06.